The number of tetrazole rings is 1. The quantitative estimate of drug-likeness (QED) is 0.261. The van der Waals surface area contributed by atoms with Crippen LogP contribution < -0.4 is 5.14 Å². The molecule has 0 bridgehead atoms. The van der Waals surface area contributed by atoms with E-state index >= 15 is 0 Å². The Morgan fingerprint density at radius 1 is 1.00 bits per heavy atom. The Kier molecular flexibility index (Phi) is 7.75. The fourth-order valence-electron chi connectivity index (χ4n) is 4.30. The highest BCUT2D eigenvalue weighted by Gasteiger charge is 2.18. The average molecular weight is 559 g/mol. The molecule has 0 atom stereocenters. The molecule has 0 aliphatic carbocycles. The van der Waals surface area contributed by atoms with E-state index in [0.29, 0.717) is 48.2 Å². The summed E-state index contributed by atoms with van der Waals surface area (Å²) in [6, 6.07) is 21.4. The third kappa shape index (κ3) is 6.45. The van der Waals surface area contributed by atoms with Crippen molar-refractivity contribution >= 4 is 15.9 Å². The number of hydrogen-bond acceptors (Lipinski definition) is 9. The highest BCUT2D eigenvalue weighted by molar-refractivity contribution is 7.89. The molecule has 5 rings (SSSR count). The number of nitrogens with one attached hydrogen (secondary N) is 1. The molecule has 0 aliphatic heterocycles. The fourth-order valence-corrected chi connectivity index (χ4v) is 5.07. The zero-order valence-electron chi connectivity index (χ0n) is 21.6. The molecule has 3 N–H and O–H groups in total. The summed E-state index contributed by atoms with van der Waals surface area (Å²) in [6.45, 7) is 2.47. The molecule has 1 amide bonds. The highest BCUT2D eigenvalue weighted by Crippen LogP contribution is 2.27. The summed E-state index contributed by atoms with van der Waals surface area (Å²) in [6.07, 6.45) is 0.598. The lowest BCUT2D eigenvalue weighted by molar-refractivity contribution is -0.131. The summed E-state index contributed by atoms with van der Waals surface area (Å²) in [4.78, 5) is 19.6. The zero-order valence-corrected chi connectivity index (χ0v) is 22.4. The topological polar surface area (TPSA) is 174 Å². The van der Waals surface area contributed by atoms with E-state index < -0.39 is 10.0 Å². The van der Waals surface area contributed by atoms with Crippen molar-refractivity contribution in [2.45, 2.75) is 31.2 Å². The summed E-state index contributed by atoms with van der Waals surface area (Å²) in [5.41, 5.74) is 3.66. The van der Waals surface area contributed by atoms with Gasteiger partial charge in [0, 0.05) is 37.6 Å². The second-order valence-electron chi connectivity index (χ2n) is 9.17. The monoisotopic (exact) mass is 558 g/mol. The Morgan fingerprint density at radius 2 is 1.80 bits per heavy atom. The molecule has 0 saturated carbocycles. The fraction of sp³-hybridized carbons (Fsp3) is 0.185. The summed E-state index contributed by atoms with van der Waals surface area (Å²) in [5.74, 6) is 1.43. The molecule has 204 valence electrons. The van der Waals surface area contributed by atoms with Gasteiger partial charge < -0.3 is 9.42 Å². The van der Waals surface area contributed by atoms with Crippen molar-refractivity contribution in [2.24, 2.45) is 5.14 Å². The van der Waals surface area contributed by atoms with E-state index in [1.165, 1.54) is 6.07 Å². The van der Waals surface area contributed by atoms with Gasteiger partial charge in [0.15, 0.2) is 0 Å². The van der Waals surface area contributed by atoms with E-state index in [9.17, 15) is 13.2 Å². The first-order valence-electron chi connectivity index (χ1n) is 12.4. The van der Waals surface area contributed by atoms with Crippen LogP contribution in [0.15, 0.2) is 82.2 Å². The number of carbonyl (C=O) groups is 1. The SMILES string of the molecule is Cc1nc(-c2cccc(CN(CCc3nnn[nH]3)C(=O)Cc3ccc(-c4ccccc4S(N)(=O)=O)cc3)c2)no1. The van der Waals surface area contributed by atoms with E-state index in [-0.39, 0.29) is 17.2 Å². The molecule has 0 saturated heterocycles. The summed E-state index contributed by atoms with van der Waals surface area (Å²) in [5, 5.41) is 23.2. The number of H-pyrrole nitrogens is 1. The molecule has 40 heavy (non-hydrogen) atoms. The lowest BCUT2D eigenvalue weighted by Crippen LogP contribution is -2.34. The predicted octanol–water partition coefficient (Wildman–Crippen LogP) is 2.69. The van der Waals surface area contributed by atoms with Crippen LogP contribution >= 0.6 is 0 Å². The van der Waals surface area contributed by atoms with Crippen LogP contribution in [-0.2, 0) is 34.2 Å². The first-order valence-corrected chi connectivity index (χ1v) is 13.9. The van der Waals surface area contributed by atoms with Crippen molar-refractivity contribution < 1.29 is 17.7 Å². The van der Waals surface area contributed by atoms with Crippen LogP contribution in [0.5, 0.6) is 0 Å². The smallest absolute Gasteiger partial charge is 0.238 e. The van der Waals surface area contributed by atoms with E-state index in [0.717, 1.165) is 16.7 Å². The average Bonchev–Trinajstić information content (AvgIpc) is 3.63. The normalized spacial score (nSPS) is 11.4. The summed E-state index contributed by atoms with van der Waals surface area (Å²) >= 11 is 0. The van der Waals surface area contributed by atoms with Gasteiger partial charge in [-0.3, -0.25) is 4.79 Å². The second-order valence-corrected chi connectivity index (χ2v) is 10.7. The number of hydrogen-bond donors (Lipinski definition) is 2. The van der Waals surface area contributed by atoms with Gasteiger partial charge in [-0.2, -0.15) is 4.98 Å². The number of nitrogens with two attached hydrogens (primary N) is 1. The van der Waals surface area contributed by atoms with Gasteiger partial charge in [0.25, 0.3) is 0 Å². The van der Waals surface area contributed by atoms with Gasteiger partial charge in [0.2, 0.25) is 27.6 Å². The second kappa shape index (κ2) is 11.6. The molecule has 0 fully saturated rings. The summed E-state index contributed by atoms with van der Waals surface area (Å²) in [7, 11) is -3.89. The van der Waals surface area contributed by atoms with Gasteiger partial charge in [-0.25, -0.2) is 18.7 Å². The molecule has 0 radical (unpaired) electrons. The number of carbonyl (C=O) groups excluding carboxylic acids is 1. The standard InChI is InChI=1S/C27H26N8O4S/c1-18-29-27(32-39-18)22-6-4-5-20(15-22)17-35(14-13-25-30-33-34-31-25)26(36)16-19-9-11-21(12-10-19)23-7-2-3-8-24(23)40(28,37)38/h2-12,15H,13-14,16-17H2,1H3,(H2,28,37,38)(H,30,31,33,34). The molecule has 5 aromatic rings. The van der Waals surface area contributed by atoms with Crippen molar-refractivity contribution in [1.29, 1.82) is 0 Å². The van der Waals surface area contributed by atoms with Crippen LogP contribution in [0, 0.1) is 6.92 Å². The number of rotatable bonds is 10. The molecule has 13 heteroatoms. The number of primary sulfonamides is 1. The van der Waals surface area contributed by atoms with Crippen LogP contribution in [0.4, 0.5) is 0 Å². The maximum atomic E-state index is 13.5. The lowest BCUT2D eigenvalue weighted by Gasteiger charge is -2.23. The third-order valence-electron chi connectivity index (χ3n) is 6.26. The van der Waals surface area contributed by atoms with Crippen LogP contribution in [0.1, 0.15) is 22.8 Å². The summed E-state index contributed by atoms with van der Waals surface area (Å²) < 4.78 is 29.1. The third-order valence-corrected chi connectivity index (χ3v) is 7.23. The zero-order chi connectivity index (χ0) is 28.1. The number of aromatic nitrogens is 6. The molecular formula is C27H26N8O4S. The van der Waals surface area contributed by atoms with Crippen LogP contribution in [0.25, 0.3) is 22.5 Å². The number of amides is 1. The predicted molar refractivity (Wildman–Crippen MR) is 145 cm³/mol. The van der Waals surface area contributed by atoms with E-state index in [1.807, 2.05) is 36.4 Å². The Hall–Kier alpha value is -4.75. The Morgan fingerprint density at radius 3 is 2.50 bits per heavy atom. The van der Waals surface area contributed by atoms with Gasteiger partial charge in [-0.05, 0) is 39.2 Å². The molecule has 3 aromatic carbocycles. The van der Waals surface area contributed by atoms with Gasteiger partial charge in [0.05, 0.1) is 11.3 Å². The van der Waals surface area contributed by atoms with Crippen LogP contribution in [0.3, 0.4) is 0 Å². The van der Waals surface area contributed by atoms with Crippen molar-refractivity contribution in [3.8, 4) is 22.5 Å². The first-order chi connectivity index (χ1) is 19.3. The van der Waals surface area contributed by atoms with Crippen molar-refractivity contribution in [1.82, 2.24) is 35.7 Å². The lowest BCUT2D eigenvalue weighted by atomic mass is 10.0. The largest absolute Gasteiger partial charge is 0.339 e. The maximum absolute atomic E-state index is 13.5. The first kappa shape index (κ1) is 26.8. The molecule has 2 heterocycles. The Bertz CT molecular complexity index is 1720. The van der Waals surface area contributed by atoms with Crippen molar-refractivity contribution in [2.75, 3.05) is 6.54 Å². The molecular weight excluding hydrogens is 532 g/mol. The number of aryl methyl sites for hydroxylation is 1. The van der Waals surface area contributed by atoms with E-state index in [4.69, 9.17) is 9.66 Å². The number of benzene rings is 3. The van der Waals surface area contributed by atoms with E-state index in [1.54, 1.807) is 42.2 Å². The minimum atomic E-state index is -3.89. The van der Waals surface area contributed by atoms with Crippen LogP contribution in [0.2, 0.25) is 0 Å². The van der Waals surface area contributed by atoms with Gasteiger partial charge in [0.1, 0.15) is 5.82 Å². The van der Waals surface area contributed by atoms with Crippen LogP contribution in [-0.4, -0.2) is 56.5 Å². The number of aromatic amines is 1. The van der Waals surface area contributed by atoms with Crippen molar-refractivity contribution in [3.63, 3.8) is 0 Å². The number of nitrogens with zero attached hydrogens (tertiary/aromatic N) is 6. The van der Waals surface area contributed by atoms with E-state index in [2.05, 4.69) is 30.8 Å². The molecule has 0 unspecified atom stereocenters. The Labute approximate surface area is 230 Å². The van der Waals surface area contributed by atoms with Gasteiger partial charge in [-0.1, -0.05) is 65.8 Å². The molecule has 12 nitrogen and oxygen atoms in total. The maximum Gasteiger partial charge on any atom is 0.238 e. The highest BCUT2D eigenvalue weighted by atomic mass is 32.2. The Balaban J connectivity index is 1.34. The minimum absolute atomic E-state index is 0.0464. The van der Waals surface area contributed by atoms with Gasteiger partial charge in [-0.15, -0.1) is 5.10 Å². The molecule has 0 aliphatic rings. The minimum Gasteiger partial charge on any atom is -0.339 e. The number of sulfonamides is 1. The van der Waals surface area contributed by atoms with Gasteiger partial charge >= 0.3 is 0 Å². The molecule has 2 aromatic heterocycles. The van der Waals surface area contributed by atoms with Crippen molar-refractivity contribution in [3.05, 3.63) is 95.6 Å². The molecule has 0 spiro atoms.